The lowest BCUT2D eigenvalue weighted by Crippen LogP contribution is -2.21. The van der Waals surface area contributed by atoms with Gasteiger partial charge in [-0.2, -0.15) is 0 Å². The van der Waals surface area contributed by atoms with E-state index in [2.05, 4.69) is 20.6 Å². The molecule has 28 heavy (non-hydrogen) atoms. The number of thiazole rings is 1. The van der Waals surface area contributed by atoms with Crippen molar-refractivity contribution in [1.29, 1.82) is 0 Å². The van der Waals surface area contributed by atoms with Crippen LogP contribution in [0.2, 0.25) is 0 Å². The van der Waals surface area contributed by atoms with E-state index in [9.17, 15) is 0 Å². The van der Waals surface area contributed by atoms with Gasteiger partial charge < -0.3 is 10.2 Å². The second kappa shape index (κ2) is 7.52. The summed E-state index contributed by atoms with van der Waals surface area (Å²) in [4.78, 5) is 21.2. The number of anilines is 2. The molecule has 1 aliphatic heterocycles. The SMILES string of the molecule is c1ccc(-c2nc(CNc3nc4ccccc4nc3N3CCCC3)cs2)nc1. The molecule has 140 valence electrons. The molecule has 5 rings (SSSR count). The maximum atomic E-state index is 4.90. The van der Waals surface area contributed by atoms with Gasteiger partial charge in [0.2, 0.25) is 0 Å². The summed E-state index contributed by atoms with van der Waals surface area (Å²) >= 11 is 1.61. The van der Waals surface area contributed by atoms with Crippen molar-refractivity contribution in [3.05, 3.63) is 59.7 Å². The van der Waals surface area contributed by atoms with Crippen molar-refractivity contribution in [2.24, 2.45) is 0 Å². The molecule has 1 saturated heterocycles. The molecule has 0 saturated carbocycles. The molecule has 6 nitrogen and oxygen atoms in total. The van der Waals surface area contributed by atoms with Gasteiger partial charge in [-0.15, -0.1) is 11.3 Å². The molecule has 3 aromatic heterocycles. The molecule has 0 amide bonds. The minimum atomic E-state index is 0.608. The van der Waals surface area contributed by atoms with Gasteiger partial charge in [0, 0.05) is 24.7 Å². The normalized spacial score (nSPS) is 13.9. The Morgan fingerprint density at radius 3 is 2.50 bits per heavy atom. The summed E-state index contributed by atoms with van der Waals surface area (Å²) in [5, 5.41) is 6.47. The molecular formula is C21H20N6S. The number of benzene rings is 1. The minimum absolute atomic E-state index is 0.608. The number of pyridine rings is 1. The first-order valence-electron chi connectivity index (χ1n) is 9.48. The van der Waals surface area contributed by atoms with Crippen LogP contribution in [-0.4, -0.2) is 33.0 Å². The third-order valence-electron chi connectivity index (χ3n) is 4.83. The highest BCUT2D eigenvalue weighted by molar-refractivity contribution is 7.13. The monoisotopic (exact) mass is 388 g/mol. The Kier molecular flexibility index (Phi) is 4.58. The molecule has 0 unspecified atom stereocenters. The Balaban J connectivity index is 1.41. The third-order valence-corrected chi connectivity index (χ3v) is 5.74. The summed E-state index contributed by atoms with van der Waals surface area (Å²) < 4.78 is 0. The first-order valence-corrected chi connectivity index (χ1v) is 10.4. The molecule has 0 bridgehead atoms. The highest BCUT2D eigenvalue weighted by atomic mass is 32.1. The molecule has 0 atom stereocenters. The summed E-state index contributed by atoms with van der Waals surface area (Å²) in [6.45, 7) is 2.67. The lowest BCUT2D eigenvalue weighted by Gasteiger charge is -2.20. The van der Waals surface area contributed by atoms with Crippen molar-refractivity contribution < 1.29 is 0 Å². The first-order chi connectivity index (χ1) is 13.9. The molecule has 4 heterocycles. The molecule has 7 heteroatoms. The maximum Gasteiger partial charge on any atom is 0.172 e. The Morgan fingerprint density at radius 2 is 1.71 bits per heavy atom. The van der Waals surface area contributed by atoms with E-state index < -0.39 is 0 Å². The molecule has 1 N–H and O–H groups in total. The van der Waals surface area contributed by atoms with Gasteiger partial charge in [0.05, 0.1) is 29.0 Å². The Hall–Kier alpha value is -3.06. The number of hydrogen-bond donors (Lipinski definition) is 1. The van der Waals surface area contributed by atoms with Crippen LogP contribution in [0.5, 0.6) is 0 Å². The fraction of sp³-hybridized carbons (Fsp3) is 0.238. The molecule has 4 aromatic rings. The van der Waals surface area contributed by atoms with Crippen LogP contribution in [0.3, 0.4) is 0 Å². The van der Waals surface area contributed by atoms with Gasteiger partial charge >= 0.3 is 0 Å². The van der Waals surface area contributed by atoms with E-state index in [1.807, 2.05) is 42.5 Å². The van der Waals surface area contributed by atoms with Crippen LogP contribution in [0, 0.1) is 0 Å². The summed E-state index contributed by atoms with van der Waals surface area (Å²) in [5.41, 5.74) is 3.72. The highest BCUT2D eigenvalue weighted by Crippen LogP contribution is 2.28. The van der Waals surface area contributed by atoms with Crippen molar-refractivity contribution >= 4 is 34.0 Å². The lowest BCUT2D eigenvalue weighted by atomic mass is 10.3. The predicted molar refractivity (Wildman–Crippen MR) is 114 cm³/mol. The van der Waals surface area contributed by atoms with E-state index in [4.69, 9.17) is 15.0 Å². The summed E-state index contributed by atoms with van der Waals surface area (Å²) in [6, 6.07) is 13.9. The van der Waals surface area contributed by atoms with Gasteiger partial charge in [-0.3, -0.25) is 4.98 Å². The van der Waals surface area contributed by atoms with E-state index in [0.29, 0.717) is 6.54 Å². The zero-order chi connectivity index (χ0) is 18.8. The van der Waals surface area contributed by atoms with E-state index >= 15 is 0 Å². The van der Waals surface area contributed by atoms with Gasteiger partial charge in [-0.05, 0) is 37.1 Å². The van der Waals surface area contributed by atoms with E-state index in [1.165, 1.54) is 12.8 Å². The smallest absolute Gasteiger partial charge is 0.172 e. The maximum absolute atomic E-state index is 4.90. The number of aromatic nitrogens is 4. The van der Waals surface area contributed by atoms with Crippen molar-refractivity contribution in [2.45, 2.75) is 19.4 Å². The molecule has 1 aromatic carbocycles. The van der Waals surface area contributed by atoms with E-state index in [-0.39, 0.29) is 0 Å². The van der Waals surface area contributed by atoms with Gasteiger partial charge in [0.1, 0.15) is 5.01 Å². The number of nitrogens with one attached hydrogen (secondary N) is 1. The van der Waals surface area contributed by atoms with Crippen LogP contribution >= 0.6 is 11.3 Å². The van der Waals surface area contributed by atoms with Crippen molar-refractivity contribution in [3.8, 4) is 10.7 Å². The van der Waals surface area contributed by atoms with Crippen LogP contribution in [0.4, 0.5) is 11.6 Å². The largest absolute Gasteiger partial charge is 0.361 e. The van der Waals surface area contributed by atoms with E-state index in [0.717, 1.165) is 52.2 Å². The van der Waals surface area contributed by atoms with E-state index in [1.54, 1.807) is 17.5 Å². The molecule has 1 aliphatic rings. The van der Waals surface area contributed by atoms with Crippen LogP contribution in [0.25, 0.3) is 21.7 Å². The quantitative estimate of drug-likeness (QED) is 0.548. The average Bonchev–Trinajstić information content (AvgIpc) is 3.44. The number of rotatable bonds is 5. The summed E-state index contributed by atoms with van der Waals surface area (Å²) in [5.74, 6) is 1.77. The molecule has 0 radical (unpaired) electrons. The summed E-state index contributed by atoms with van der Waals surface area (Å²) in [7, 11) is 0. The van der Waals surface area contributed by atoms with Crippen LogP contribution < -0.4 is 10.2 Å². The van der Waals surface area contributed by atoms with Crippen molar-refractivity contribution in [1.82, 2.24) is 19.9 Å². The standard InChI is InChI=1S/C21H20N6S/c1-2-8-17-16(7-1)25-19(20(26-17)27-11-5-6-12-27)23-13-15-14-28-21(24-15)18-9-3-4-10-22-18/h1-4,7-10,14H,5-6,11-13H2,(H,23,25). The fourth-order valence-electron chi connectivity index (χ4n) is 3.43. The van der Waals surface area contributed by atoms with Crippen LogP contribution in [0.1, 0.15) is 18.5 Å². The van der Waals surface area contributed by atoms with Gasteiger partial charge in [0.15, 0.2) is 11.6 Å². The van der Waals surface area contributed by atoms with Gasteiger partial charge in [-0.1, -0.05) is 18.2 Å². The Bertz CT molecular complexity index is 1090. The minimum Gasteiger partial charge on any atom is -0.361 e. The number of nitrogens with zero attached hydrogens (tertiary/aromatic N) is 5. The Labute approximate surface area is 167 Å². The molecule has 1 fully saturated rings. The predicted octanol–water partition coefficient (Wildman–Crippen LogP) is 4.36. The zero-order valence-electron chi connectivity index (χ0n) is 15.4. The zero-order valence-corrected chi connectivity index (χ0v) is 16.2. The Morgan fingerprint density at radius 1 is 0.929 bits per heavy atom. The van der Waals surface area contributed by atoms with Crippen LogP contribution in [-0.2, 0) is 6.54 Å². The van der Waals surface area contributed by atoms with Crippen molar-refractivity contribution in [3.63, 3.8) is 0 Å². The van der Waals surface area contributed by atoms with Gasteiger partial charge in [0.25, 0.3) is 0 Å². The number of para-hydroxylation sites is 2. The molecular weight excluding hydrogens is 368 g/mol. The third kappa shape index (κ3) is 3.41. The fourth-order valence-corrected chi connectivity index (χ4v) is 4.22. The lowest BCUT2D eigenvalue weighted by molar-refractivity contribution is 0.930. The molecule has 0 spiro atoms. The van der Waals surface area contributed by atoms with Crippen molar-refractivity contribution in [2.75, 3.05) is 23.3 Å². The second-order valence-electron chi connectivity index (χ2n) is 6.79. The first kappa shape index (κ1) is 17.1. The molecule has 0 aliphatic carbocycles. The second-order valence-corrected chi connectivity index (χ2v) is 7.65. The topological polar surface area (TPSA) is 66.8 Å². The van der Waals surface area contributed by atoms with Crippen LogP contribution in [0.15, 0.2) is 54.0 Å². The number of hydrogen-bond acceptors (Lipinski definition) is 7. The average molecular weight is 389 g/mol. The summed E-state index contributed by atoms with van der Waals surface area (Å²) in [6.07, 6.45) is 4.20. The number of fused-ring (bicyclic) bond motifs is 1. The van der Waals surface area contributed by atoms with Gasteiger partial charge in [-0.25, -0.2) is 15.0 Å². The highest BCUT2D eigenvalue weighted by Gasteiger charge is 2.19.